The van der Waals surface area contributed by atoms with Crippen LogP contribution >= 0.6 is 12.4 Å². The Labute approximate surface area is 148 Å². The molecule has 2 unspecified atom stereocenters. The van der Waals surface area contributed by atoms with Crippen molar-refractivity contribution in [3.8, 4) is 0 Å². The first-order valence-corrected chi connectivity index (χ1v) is 7.91. The third kappa shape index (κ3) is 4.43. The van der Waals surface area contributed by atoms with Gasteiger partial charge in [0.15, 0.2) is 5.82 Å². The second-order valence-corrected chi connectivity index (χ2v) is 5.76. The van der Waals surface area contributed by atoms with Crippen molar-refractivity contribution in [3.63, 3.8) is 0 Å². The Bertz CT molecular complexity index is 731. The van der Waals surface area contributed by atoms with Gasteiger partial charge in [-0.05, 0) is 17.5 Å². The van der Waals surface area contributed by atoms with Crippen LogP contribution in [0.2, 0.25) is 0 Å². The van der Waals surface area contributed by atoms with Gasteiger partial charge in [-0.2, -0.15) is 4.98 Å². The highest BCUT2D eigenvalue weighted by Gasteiger charge is 2.22. The van der Waals surface area contributed by atoms with Gasteiger partial charge in [-0.25, -0.2) is 0 Å². The van der Waals surface area contributed by atoms with E-state index in [1.165, 1.54) is 5.56 Å². The molecule has 0 aliphatic heterocycles. The molecule has 126 valence electrons. The third-order valence-electron chi connectivity index (χ3n) is 4.08. The quantitative estimate of drug-likeness (QED) is 0.732. The van der Waals surface area contributed by atoms with Gasteiger partial charge in [0.05, 0.1) is 5.92 Å². The topological polar surface area (TPSA) is 64.9 Å². The summed E-state index contributed by atoms with van der Waals surface area (Å²) in [7, 11) is 0. The van der Waals surface area contributed by atoms with Crippen LogP contribution in [0.4, 0.5) is 0 Å². The van der Waals surface area contributed by atoms with Gasteiger partial charge < -0.3 is 10.3 Å². The largest absolute Gasteiger partial charge is 0.339 e. The lowest BCUT2D eigenvalue weighted by atomic mass is 9.95. The standard InChI is InChI=1S/C19H21N3O.ClH/c1-14(18(20)16-10-6-3-7-11-16)19-21-17(22-23-19)13-12-15-8-4-2-5-9-15;/h2-11,14,18H,12-13,20H2,1H3;1H. The molecule has 3 rings (SSSR count). The Morgan fingerprint density at radius 1 is 0.958 bits per heavy atom. The Morgan fingerprint density at radius 3 is 2.25 bits per heavy atom. The maximum absolute atomic E-state index is 6.32. The van der Waals surface area contributed by atoms with E-state index in [1.54, 1.807) is 0 Å². The Balaban J connectivity index is 0.00000208. The molecule has 0 amide bonds. The summed E-state index contributed by atoms with van der Waals surface area (Å²) in [4.78, 5) is 4.51. The van der Waals surface area contributed by atoms with Crippen LogP contribution in [0.3, 0.4) is 0 Å². The molecule has 5 heteroatoms. The summed E-state index contributed by atoms with van der Waals surface area (Å²) in [5, 5.41) is 4.09. The average Bonchev–Trinajstić information content (AvgIpc) is 3.09. The molecule has 2 N–H and O–H groups in total. The Hall–Kier alpha value is -2.17. The molecule has 3 aromatic rings. The van der Waals surface area contributed by atoms with Gasteiger partial charge in [0.1, 0.15) is 0 Å². The Morgan fingerprint density at radius 2 is 1.58 bits per heavy atom. The van der Waals surface area contributed by atoms with E-state index in [9.17, 15) is 0 Å². The smallest absolute Gasteiger partial charge is 0.231 e. The molecule has 0 fully saturated rings. The number of nitrogens with two attached hydrogens (primary N) is 1. The van der Waals surface area contributed by atoms with Gasteiger partial charge >= 0.3 is 0 Å². The highest BCUT2D eigenvalue weighted by Crippen LogP contribution is 2.27. The predicted molar refractivity (Wildman–Crippen MR) is 97.2 cm³/mol. The molecule has 1 aromatic heterocycles. The summed E-state index contributed by atoms with van der Waals surface area (Å²) in [6.07, 6.45) is 1.67. The summed E-state index contributed by atoms with van der Waals surface area (Å²) >= 11 is 0. The molecule has 1 heterocycles. The molecule has 0 radical (unpaired) electrons. The number of nitrogens with zero attached hydrogens (tertiary/aromatic N) is 2. The van der Waals surface area contributed by atoms with Crippen molar-refractivity contribution >= 4 is 12.4 Å². The normalized spacial score (nSPS) is 13.1. The maximum Gasteiger partial charge on any atom is 0.231 e. The van der Waals surface area contributed by atoms with Crippen LogP contribution < -0.4 is 5.73 Å². The lowest BCUT2D eigenvalue weighted by molar-refractivity contribution is 0.340. The first-order valence-electron chi connectivity index (χ1n) is 7.91. The minimum absolute atomic E-state index is 0. The number of rotatable bonds is 6. The average molecular weight is 344 g/mol. The van der Waals surface area contributed by atoms with Gasteiger partial charge in [-0.3, -0.25) is 0 Å². The molecule has 0 saturated carbocycles. The van der Waals surface area contributed by atoms with Gasteiger partial charge in [0, 0.05) is 12.5 Å². The molecule has 0 aliphatic carbocycles. The van der Waals surface area contributed by atoms with Gasteiger partial charge in [-0.1, -0.05) is 72.7 Å². The number of aryl methyl sites for hydroxylation is 2. The van der Waals surface area contributed by atoms with Crippen LogP contribution in [0.25, 0.3) is 0 Å². The fourth-order valence-corrected chi connectivity index (χ4v) is 2.57. The van der Waals surface area contributed by atoms with Gasteiger partial charge in [-0.15, -0.1) is 12.4 Å². The Kier molecular flexibility index (Phi) is 6.53. The molecule has 2 atom stereocenters. The number of aromatic nitrogens is 2. The monoisotopic (exact) mass is 343 g/mol. The maximum atomic E-state index is 6.32. The zero-order valence-electron chi connectivity index (χ0n) is 13.6. The molecule has 2 aromatic carbocycles. The lowest BCUT2D eigenvalue weighted by Gasteiger charge is -2.16. The van der Waals surface area contributed by atoms with E-state index in [0.29, 0.717) is 5.89 Å². The fraction of sp³-hybridized carbons (Fsp3) is 0.263. The molecule has 0 bridgehead atoms. The van der Waals surface area contributed by atoms with Crippen molar-refractivity contribution in [1.29, 1.82) is 0 Å². The van der Waals surface area contributed by atoms with Crippen LogP contribution in [0.1, 0.15) is 41.7 Å². The summed E-state index contributed by atoms with van der Waals surface area (Å²) < 4.78 is 5.42. The molecular formula is C19H22ClN3O. The number of hydrogen-bond donors (Lipinski definition) is 1. The van der Waals surface area contributed by atoms with Crippen LogP contribution in [-0.4, -0.2) is 10.1 Å². The first kappa shape index (κ1) is 18.2. The predicted octanol–water partition coefficient (Wildman–Crippen LogP) is 4.08. The van der Waals surface area contributed by atoms with Crippen molar-refractivity contribution in [2.24, 2.45) is 5.73 Å². The molecule has 4 nitrogen and oxygen atoms in total. The van der Waals surface area contributed by atoms with Crippen LogP contribution in [-0.2, 0) is 12.8 Å². The summed E-state index contributed by atoms with van der Waals surface area (Å²) in [6, 6.07) is 20.2. The van der Waals surface area contributed by atoms with Crippen LogP contribution in [0.15, 0.2) is 65.2 Å². The zero-order chi connectivity index (χ0) is 16.1. The zero-order valence-corrected chi connectivity index (χ0v) is 14.4. The fourth-order valence-electron chi connectivity index (χ4n) is 2.57. The second kappa shape index (κ2) is 8.62. The van der Waals surface area contributed by atoms with E-state index in [-0.39, 0.29) is 24.4 Å². The minimum atomic E-state index is -0.154. The van der Waals surface area contributed by atoms with Crippen molar-refractivity contribution in [1.82, 2.24) is 10.1 Å². The van der Waals surface area contributed by atoms with Crippen molar-refractivity contribution in [2.45, 2.75) is 31.7 Å². The number of halogens is 1. The third-order valence-corrected chi connectivity index (χ3v) is 4.08. The van der Waals surface area contributed by atoms with Crippen LogP contribution in [0, 0.1) is 0 Å². The molecule has 0 saturated heterocycles. The van der Waals surface area contributed by atoms with Crippen molar-refractivity contribution in [3.05, 3.63) is 83.5 Å². The second-order valence-electron chi connectivity index (χ2n) is 5.76. The van der Waals surface area contributed by atoms with Crippen LogP contribution in [0.5, 0.6) is 0 Å². The molecule has 0 spiro atoms. The van der Waals surface area contributed by atoms with Gasteiger partial charge in [0.2, 0.25) is 5.89 Å². The van der Waals surface area contributed by atoms with Crippen molar-refractivity contribution < 1.29 is 4.52 Å². The van der Waals surface area contributed by atoms with E-state index >= 15 is 0 Å². The van der Waals surface area contributed by atoms with E-state index < -0.39 is 0 Å². The summed E-state index contributed by atoms with van der Waals surface area (Å²) in [6.45, 7) is 2.02. The minimum Gasteiger partial charge on any atom is -0.339 e. The van der Waals surface area contributed by atoms with Crippen molar-refractivity contribution in [2.75, 3.05) is 0 Å². The highest BCUT2D eigenvalue weighted by atomic mass is 35.5. The van der Waals surface area contributed by atoms with Gasteiger partial charge in [0.25, 0.3) is 0 Å². The van der Waals surface area contributed by atoms with E-state index in [2.05, 4.69) is 22.3 Å². The van der Waals surface area contributed by atoms with E-state index in [0.717, 1.165) is 24.2 Å². The molecule has 0 aliphatic rings. The number of hydrogen-bond acceptors (Lipinski definition) is 4. The van der Waals surface area contributed by atoms with E-state index in [4.69, 9.17) is 10.3 Å². The molecular weight excluding hydrogens is 322 g/mol. The summed E-state index contributed by atoms with van der Waals surface area (Å²) in [5.74, 6) is 1.32. The lowest BCUT2D eigenvalue weighted by Crippen LogP contribution is -2.17. The first-order chi connectivity index (χ1) is 11.2. The molecule has 24 heavy (non-hydrogen) atoms. The highest BCUT2D eigenvalue weighted by molar-refractivity contribution is 5.85. The number of benzene rings is 2. The SMILES string of the molecule is CC(c1nc(CCc2ccccc2)no1)C(N)c1ccccc1.Cl. The summed E-state index contributed by atoms with van der Waals surface area (Å²) in [5.41, 5.74) is 8.66. The van der Waals surface area contributed by atoms with E-state index in [1.807, 2.05) is 55.5 Å².